The van der Waals surface area contributed by atoms with Crippen LogP contribution in [-0.4, -0.2) is 22.2 Å². The second-order valence-corrected chi connectivity index (χ2v) is 9.90. The third-order valence-corrected chi connectivity index (χ3v) is 5.89. The Morgan fingerprint density at radius 2 is 1.10 bits per heavy atom. The number of benzene rings is 3. The summed E-state index contributed by atoms with van der Waals surface area (Å²) in [5.41, 5.74) is 1.45. The second-order valence-electron chi connectivity index (χ2n) is 8.07. The highest BCUT2D eigenvalue weighted by molar-refractivity contribution is 9.10. The third-order valence-electron chi connectivity index (χ3n) is 4.83. The highest BCUT2D eigenvalue weighted by atomic mass is 79.9. The van der Waals surface area contributed by atoms with Gasteiger partial charge in [0.15, 0.2) is 0 Å². The highest BCUT2D eigenvalue weighted by Gasteiger charge is 2.29. The average molecular weight is 547 g/mol. The van der Waals surface area contributed by atoms with Gasteiger partial charge in [0, 0.05) is 20.3 Å². The predicted octanol–water partition coefficient (Wildman–Crippen LogP) is 7.38. The van der Waals surface area contributed by atoms with Crippen molar-refractivity contribution in [1.29, 1.82) is 0 Å². The van der Waals surface area contributed by atoms with E-state index >= 15 is 0 Å². The van der Waals surface area contributed by atoms with Crippen molar-refractivity contribution >= 4 is 60.9 Å². The van der Waals surface area contributed by atoms with Crippen molar-refractivity contribution in [2.75, 3.05) is 4.90 Å². The molecular weight excluding hydrogens is 526 g/mol. The molecule has 3 rings (SSSR count). The van der Waals surface area contributed by atoms with Crippen molar-refractivity contribution in [3.05, 3.63) is 86.3 Å². The number of carboxylic acids is 2. The molecule has 0 aliphatic heterocycles. The van der Waals surface area contributed by atoms with Gasteiger partial charge in [0.2, 0.25) is 0 Å². The third kappa shape index (κ3) is 4.99. The first-order valence-corrected chi connectivity index (χ1v) is 11.0. The zero-order chi connectivity index (χ0) is 22.9. The Kier molecular flexibility index (Phi) is 6.57. The van der Waals surface area contributed by atoms with E-state index in [9.17, 15) is 19.8 Å². The summed E-state index contributed by atoms with van der Waals surface area (Å²) >= 11 is 6.82. The fourth-order valence-corrected chi connectivity index (χ4v) is 3.75. The molecule has 2 N–H and O–H groups in total. The largest absolute Gasteiger partial charge is 0.478 e. The van der Waals surface area contributed by atoms with Crippen LogP contribution in [0, 0.1) is 0 Å². The van der Waals surface area contributed by atoms with Gasteiger partial charge in [-0.1, -0.05) is 52.6 Å². The van der Waals surface area contributed by atoms with E-state index in [1.54, 1.807) is 41.3 Å². The Balaban J connectivity index is 2.41. The van der Waals surface area contributed by atoms with Gasteiger partial charge >= 0.3 is 11.9 Å². The number of anilines is 3. The number of rotatable bonds is 5. The van der Waals surface area contributed by atoms with Crippen LogP contribution in [0.1, 0.15) is 47.1 Å². The van der Waals surface area contributed by atoms with Crippen molar-refractivity contribution in [2.45, 2.75) is 26.2 Å². The Hall–Kier alpha value is -2.64. The molecule has 0 heterocycles. The molecule has 0 saturated carbocycles. The molecule has 0 radical (unpaired) electrons. The minimum Gasteiger partial charge on any atom is -0.478 e. The van der Waals surface area contributed by atoms with Gasteiger partial charge in [-0.25, -0.2) is 9.59 Å². The standard InChI is InChI=1S/C24H21Br2NO4/c1-24(2,3)14-12-19(22(28)29)21(20(13-14)23(30)31)27(17-8-4-15(25)5-9-17)18-10-6-16(26)7-11-18/h4-13H,1-3H3,(H,28,29)(H,30,31). The molecule has 0 aliphatic rings. The topological polar surface area (TPSA) is 77.8 Å². The predicted molar refractivity (Wildman–Crippen MR) is 129 cm³/mol. The molecule has 0 amide bonds. The molecule has 0 bridgehead atoms. The first-order valence-electron chi connectivity index (χ1n) is 9.45. The van der Waals surface area contributed by atoms with E-state index < -0.39 is 17.4 Å². The molecule has 0 aliphatic carbocycles. The normalized spacial score (nSPS) is 11.3. The van der Waals surface area contributed by atoms with Gasteiger partial charge in [-0.15, -0.1) is 0 Å². The van der Waals surface area contributed by atoms with E-state index in [-0.39, 0.29) is 16.8 Å². The second kappa shape index (κ2) is 8.85. The van der Waals surface area contributed by atoms with E-state index in [0.717, 1.165) is 8.95 Å². The number of aromatic carboxylic acids is 2. The van der Waals surface area contributed by atoms with E-state index in [1.165, 1.54) is 0 Å². The summed E-state index contributed by atoms with van der Waals surface area (Å²) in [7, 11) is 0. The number of halogens is 2. The molecule has 160 valence electrons. The van der Waals surface area contributed by atoms with Gasteiger partial charge < -0.3 is 15.1 Å². The molecule has 5 nitrogen and oxygen atoms in total. The summed E-state index contributed by atoms with van der Waals surface area (Å²) in [4.78, 5) is 26.3. The maximum absolute atomic E-state index is 12.3. The fraction of sp³-hybridized carbons (Fsp3) is 0.167. The average Bonchev–Trinajstić information content (AvgIpc) is 2.69. The van der Waals surface area contributed by atoms with Gasteiger partial charge in [0.1, 0.15) is 0 Å². The lowest BCUT2D eigenvalue weighted by Gasteiger charge is -2.30. The highest BCUT2D eigenvalue weighted by Crippen LogP contribution is 2.41. The van der Waals surface area contributed by atoms with Gasteiger partial charge in [-0.3, -0.25) is 0 Å². The van der Waals surface area contributed by atoms with Crippen molar-refractivity contribution in [3.8, 4) is 0 Å². The minimum absolute atomic E-state index is 0.0735. The van der Waals surface area contributed by atoms with Crippen LogP contribution in [0.2, 0.25) is 0 Å². The SMILES string of the molecule is CC(C)(C)c1cc(C(=O)O)c(N(c2ccc(Br)cc2)c2ccc(Br)cc2)c(C(=O)O)c1. The van der Waals surface area contributed by atoms with Crippen LogP contribution in [0.15, 0.2) is 69.6 Å². The molecule has 0 atom stereocenters. The number of hydrogen-bond acceptors (Lipinski definition) is 3. The number of nitrogens with zero attached hydrogens (tertiary/aromatic N) is 1. The van der Waals surface area contributed by atoms with E-state index in [0.29, 0.717) is 16.9 Å². The summed E-state index contributed by atoms with van der Waals surface area (Å²) in [5, 5.41) is 20.1. The summed E-state index contributed by atoms with van der Waals surface area (Å²) in [6.07, 6.45) is 0. The molecule has 0 saturated heterocycles. The summed E-state index contributed by atoms with van der Waals surface area (Å²) in [6.45, 7) is 5.75. The van der Waals surface area contributed by atoms with Crippen molar-refractivity contribution in [1.82, 2.24) is 0 Å². The lowest BCUT2D eigenvalue weighted by molar-refractivity contribution is 0.0696. The first kappa shape index (κ1) is 23.0. The van der Waals surface area contributed by atoms with Gasteiger partial charge in [0.05, 0.1) is 16.8 Å². The maximum atomic E-state index is 12.3. The Morgan fingerprint density at radius 1 is 0.742 bits per heavy atom. The van der Waals surface area contributed by atoms with Crippen molar-refractivity contribution in [2.24, 2.45) is 0 Å². The molecule has 31 heavy (non-hydrogen) atoms. The van der Waals surface area contributed by atoms with Gasteiger partial charge in [-0.2, -0.15) is 0 Å². The summed E-state index contributed by atoms with van der Waals surface area (Å²) in [6, 6.07) is 17.7. The molecule has 0 unspecified atom stereocenters. The summed E-state index contributed by atoms with van der Waals surface area (Å²) < 4.78 is 1.71. The van der Waals surface area contributed by atoms with Crippen LogP contribution in [0.5, 0.6) is 0 Å². The fourth-order valence-electron chi connectivity index (χ4n) is 3.22. The lowest BCUT2D eigenvalue weighted by Crippen LogP contribution is -2.21. The zero-order valence-electron chi connectivity index (χ0n) is 17.2. The Morgan fingerprint density at radius 3 is 1.39 bits per heavy atom. The zero-order valence-corrected chi connectivity index (χ0v) is 20.4. The quantitative estimate of drug-likeness (QED) is 0.349. The van der Waals surface area contributed by atoms with Crippen LogP contribution in [0.4, 0.5) is 17.1 Å². The van der Waals surface area contributed by atoms with E-state index in [1.807, 2.05) is 45.0 Å². The van der Waals surface area contributed by atoms with Crippen LogP contribution < -0.4 is 4.90 Å². The molecular formula is C24H21Br2NO4. The van der Waals surface area contributed by atoms with Crippen LogP contribution in [-0.2, 0) is 5.41 Å². The first-order chi connectivity index (χ1) is 14.5. The Labute approximate surface area is 197 Å². The minimum atomic E-state index is -1.19. The smallest absolute Gasteiger partial charge is 0.337 e. The van der Waals surface area contributed by atoms with Crippen molar-refractivity contribution in [3.63, 3.8) is 0 Å². The number of carboxylic acid groups (broad SMARTS) is 2. The molecule has 0 fully saturated rings. The monoisotopic (exact) mass is 545 g/mol. The lowest BCUT2D eigenvalue weighted by atomic mass is 9.84. The molecule has 0 aromatic heterocycles. The Bertz CT molecular complexity index is 1050. The van der Waals surface area contributed by atoms with Gasteiger partial charge in [-0.05, 0) is 71.6 Å². The van der Waals surface area contributed by atoms with E-state index in [2.05, 4.69) is 31.9 Å². The van der Waals surface area contributed by atoms with E-state index in [4.69, 9.17) is 0 Å². The van der Waals surface area contributed by atoms with Gasteiger partial charge in [0.25, 0.3) is 0 Å². The molecule has 0 spiro atoms. The number of hydrogen-bond donors (Lipinski definition) is 2. The maximum Gasteiger partial charge on any atom is 0.337 e. The number of carbonyl (C=O) groups is 2. The van der Waals surface area contributed by atoms with Crippen LogP contribution >= 0.6 is 31.9 Å². The van der Waals surface area contributed by atoms with Crippen molar-refractivity contribution < 1.29 is 19.8 Å². The molecule has 3 aromatic rings. The molecule has 3 aromatic carbocycles. The summed E-state index contributed by atoms with van der Waals surface area (Å²) in [5.74, 6) is -2.38. The molecule has 7 heteroatoms. The van der Waals surface area contributed by atoms with Crippen LogP contribution in [0.25, 0.3) is 0 Å². The van der Waals surface area contributed by atoms with Crippen LogP contribution in [0.3, 0.4) is 0 Å².